The smallest absolute Gasteiger partial charge is 0.269 e. The zero-order chi connectivity index (χ0) is 15.3. The van der Waals surface area contributed by atoms with Gasteiger partial charge in [-0.15, -0.1) is 0 Å². The second kappa shape index (κ2) is 4.74. The molecule has 0 radical (unpaired) electrons. The number of hydrogen-bond donors (Lipinski definition) is 4. The zero-order valence-electron chi connectivity index (χ0n) is 12.3. The quantitative estimate of drug-likeness (QED) is 0.642. The van der Waals surface area contributed by atoms with Gasteiger partial charge in [0.05, 0.1) is 5.60 Å². The number of rotatable bonds is 3. The standard InChI is InChI=1S/C17H20N2O3/c20-14-3-1-2-11(6-14)16(21)19-18-15-12-4-10-5-13(15)9-17(22,7-10)8-12/h1-3,6,10,12,18,20,22H,4-5,7-9H2,(H,19,21). The average molecular weight is 300 g/mol. The lowest BCUT2D eigenvalue weighted by Gasteiger charge is -2.52. The molecule has 2 saturated carbocycles. The van der Waals surface area contributed by atoms with Gasteiger partial charge in [-0.25, -0.2) is 0 Å². The van der Waals surface area contributed by atoms with Crippen LogP contribution in [0.5, 0.6) is 5.75 Å². The van der Waals surface area contributed by atoms with Crippen molar-refractivity contribution >= 4 is 5.91 Å². The predicted molar refractivity (Wildman–Crippen MR) is 80.7 cm³/mol. The maximum absolute atomic E-state index is 12.1. The van der Waals surface area contributed by atoms with Gasteiger partial charge in [0.15, 0.2) is 0 Å². The van der Waals surface area contributed by atoms with Crippen LogP contribution in [0.3, 0.4) is 0 Å². The second-order valence-electron chi connectivity index (χ2n) is 6.96. The highest BCUT2D eigenvalue weighted by atomic mass is 16.3. The molecule has 2 fully saturated rings. The molecule has 4 bridgehead atoms. The number of amides is 1. The topological polar surface area (TPSA) is 81.6 Å². The molecule has 0 saturated heterocycles. The molecule has 1 aromatic rings. The minimum atomic E-state index is -0.512. The summed E-state index contributed by atoms with van der Waals surface area (Å²) in [7, 11) is 0. The molecule has 5 rings (SSSR count). The molecule has 116 valence electrons. The summed E-state index contributed by atoms with van der Waals surface area (Å²) in [6.07, 6.45) is 4.57. The fraction of sp³-hybridized carbons (Fsp3) is 0.471. The molecular weight excluding hydrogens is 280 g/mol. The Morgan fingerprint density at radius 3 is 2.91 bits per heavy atom. The summed E-state index contributed by atoms with van der Waals surface area (Å²) in [6.45, 7) is 0. The van der Waals surface area contributed by atoms with Gasteiger partial charge >= 0.3 is 0 Å². The third kappa shape index (κ3) is 2.25. The van der Waals surface area contributed by atoms with Crippen molar-refractivity contribution in [2.45, 2.75) is 37.7 Å². The van der Waals surface area contributed by atoms with E-state index in [4.69, 9.17) is 0 Å². The van der Waals surface area contributed by atoms with Gasteiger partial charge in [-0.05, 0) is 61.8 Å². The summed E-state index contributed by atoms with van der Waals surface area (Å²) < 4.78 is 0. The van der Waals surface area contributed by atoms with Gasteiger partial charge in [-0.3, -0.25) is 10.2 Å². The fourth-order valence-corrected chi connectivity index (χ4v) is 4.51. The summed E-state index contributed by atoms with van der Waals surface area (Å²) in [4.78, 5) is 12.1. The summed E-state index contributed by atoms with van der Waals surface area (Å²) >= 11 is 0. The monoisotopic (exact) mass is 300 g/mol. The Labute approximate surface area is 129 Å². The van der Waals surface area contributed by atoms with E-state index in [1.807, 2.05) is 0 Å². The summed E-state index contributed by atoms with van der Waals surface area (Å²) in [6, 6.07) is 6.28. The SMILES string of the molecule is O=C(NNC1=C2CC3CC1CC(O)(C2)C3)c1cccc(O)c1. The number of phenolic OH excluding ortho intramolecular Hbond substituents is 1. The molecule has 5 heteroatoms. The molecule has 4 N–H and O–H groups in total. The molecule has 1 aromatic carbocycles. The number of benzene rings is 1. The van der Waals surface area contributed by atoms with Gasteiger partial charge in [0.25, 0.3) is 5.91 Å². The molecule has 5 nitrogen and oxygen atoms in total. The number of hydrazine groups is 1. The number of carbonyl (C=O) groups is 1. The van der Waals surface area contributed by atoms with E-state index in [9.17, 15) is 15.0 Å². The number of nitrogens with one attached hydrogen (secondary N) is 2. The summed E-state index contributed by atoms with van der Waals surface area (Å²) in [5.41, 5.74) is 8.07. The Hall–Kier alpha value is -2.01. The maximum atomic E-state index is 12.1. The molecule has 1 amide bonds. The number of aliphatic hydroxyl groups is 1. The molecule has 0 heterocycles. The number of hydrogen-bond acceptors (Lipinski definition) is 4. The second-order valence-corrected chi connectivity index (χ2v) is 6.96. The van der Waals surface area contributed by atoms with Crippen molar-refractivity contribution < 1.29 is 15.0 Å². The largest absolute Gasteiger partial charge is 0.508 e. The zero-order valence-corrected chi connectivity index (χ0v) is 12.3. The van der Waals surface area contributed by atoms with Crippen molar-refractivity contribution in [3.05, 3.63) is 41.1 Å². The first kappa shape index (κ1) is 13.6. The minimum absolute atomic E-state index is 0.0755. The van der Waals surface area contributed by atoms with Crippen LogP contribution in [-0.4, -0.2) is 21.7 Å². The molecule has 0 spiro atoms. The summed E-state index contributed by atoms with van der Waals surface area (Å²) in [5, 5.41) is 20.0. The van der Waals surface area contributed by atoms with Crippen molar-refractivity contribution in [3.63, 3.8) is 0 Å². The first-order chi connectivity index (χ1) is 10.5. The van der Waals surface area contributed by atoms with Crippen LogP contribution in [0.1, 0.15) is 42.5 Å². The highest BCUT2D eigenvalue weighted by Gasteiger charge is 2.49. The van der Waals surface area contributed by atoms with Crippen LogP contribution in [0.2, 0.25) is 0 Å². The van der Waals surface area contributed by atoms with Crippen LogP contribution in [0.15, 0.2) is 35.5 Å². The molecule has 22 heavy (non-hydrogen) atoms. The first-order valence-electron chi connectivity index (χ1n) is 7.82. The highest BCUT2D eigenvalue weighted by Crippen LogP contribution is 2.54. The molecule has 3 atom stereocenters. The van der Waals surface area contributed by atoms with Crippen molar-refractivity contribution in [2.24, 2.45) is 11.8 Å². The van der Waals surface area contributed by atoms with Gasteiger partial charge in [0.1, 0.15) is 5.75 Å². The molecule has 4 aliphatic carbocycles. The summed E-state index contributed by atoms with van der Waals surface area (Å²) in [5.74, 6) is 0.730. The van der Waals surface area contributed by atoms with Gasteiger partial charge in [-0.1, -0.05) is 6.07 Å². The lowest BCUT2D eigenvalue weighted by atomic mass is 9.58. The van der Waals surface area contributed by atoms with E-state index in [0.29, 0.717) is 17.4 Å². The Balaban J connectivity index is 1.48. The number of aromatic hydroxyl groups is 1. The minimum Gasteiger partial charge on any atom is -0.508 e. The van der Waals surface area contributed by atoms with Crippen molar-refractivity contribution in [2.75, 3.05) is 0 Å². The normalized spacial score (nSPS) is 32.2. The third-order valence-corrected chi connectivity index (χ3v) is 5.20. The maximum Gasteiger partial charge on any atom is 0.269 e. The van der Waals surface area contributed by atoms with Crippen LogP contribution in [0.25, 0.3) is 0 Å². The van der Waals surface area contributed by atoms with Crippen molar-refractivity contribution in [3.8, 4) is 5.75 Å². The van der Waals surface area contributed by atoms with Crippen LogP contribution in [-0.2, 0) is 0 Å². The molecule has 0 aliphatic heterocycles. The van der Waals surface area contributed by atoms with Gasteiger partial charge in [-0.2, -0.15) is 0 Å². The molecule has 0 aromatic heterocycles. The third-order valence-electron chi connectivity index (χ3n) is 5.20. The van der Waals surface area contributed by atoms with Crippen LogP contribution < -0.4 is 10.9 Å². The van der Waals surface area contributed by atoms with Crippen LogP contribution >= 0.6 is 0 Å². The van der Waals surface area contributed by atoms with E-state index < -0.39 is 5.60 Å². The van der Waals surface area contributed by atoms with Gasteiger partial charge in [0.2, 0.25) is 0 Å². The van der Waals surface area contributed by atoms with E-state index in [0.717, 1.165) is 37.8 Å². The van der Waals surface area contributed by atoms with E-state index in [1.165, 1.54) is 17.7 Å². The molecular formula is C17H20N2O3. The lowest BCUT2D eigenvalue weighted by molar-refractivity contribution is -0.0587. The van der Waals surface area contributed by atoms with Gasteiger partial charge < -0.3 is 15.6 Å². The Kier molecular flexibility index (Phi) is 2.94. The van der Waals surface area contributed by atoms with E-state index in [-0.39, 0.29) is 11.7 Å². The van der Waals surface area contributed by atoms with E-state index >= 15 is 0 Å². The average Bonchev–Trinajstić information content (AvgIpc) is 2.44. The van der Waals surface area contributed by atoms with Crippen LogP contribution in [0, 0.1) is 11.8 Å². The van der Waals surface area contributed by atoms with Crippen LogP contribution in [0.4, 0.5) is 0 Å². The molecule has 4 aliphatic rings. The fourth-order valence-electron chi connectivity index (χ4n) is 4.51. The molecule has 3 unspecified atom stereocenters. The van der Waals surface area contributed by atoms with E-state index in [2.05, 4.69) is 10.9 Å². The highest BCUT2D eigenvalue weighted by molar-refractivity contribution is 5.94. The van der Waals surface area contributed by atoms with Gasteiger partial charge in [0, 0.05) is 17.2 Å². The number of allylic oxidation sites excluding steroid dienone is 1. The van der Waals surface area contributed by atoms with E-state index in [1.54, 1.807) is 12.1 Å². The predicted octanol–water partition coefficient (Wildman–Crippen LogP) is 1.84. The lowest BCUT2D eigenvalue weighted by Crippen LogP contribution is -2.52. The Bertz CT molecular complexity index is 670. The Morgan fingerprint density at radius 1 is 1.32 bits per heavy atom. The number of phenols is 1. The first-order valence-corrected chi connectivity index (χ1v) is 7.82. The van der Waals surface area contributed by atoms with Crippen molar-refractivity contribution in [1.29, 1.82) is 0 Å². The van der Waals surface area contributed by atoms with Crippen molar-refractivity contribution in [1.82, 2.24) is 10.9 Å². The number of carbonyl (C=O) groups excluding carboxylic acids is 1. The Morgan fingerprint density at radius 2 is 2.18 bits per heavy atom.